The van der Waals surface area contributed by atoms with Crippen LogP contribution in [0, 0.1) is 13.8 Å². The Morgan fingerprint density at radius 1 is 1.13 bits per heavy atom. The Balaban J connectivity index is 1.88. The average molecular weight is 324 g/mol. The van der Waals surface area contributed by atoms with Crippen molar-refractivity contribution in [3.63, 3.8) is 0 Å². The zero-order chi connectivity index (χ0) is 16.6. The summed E-state index contributed by atoms with van der Waals surface area (Å²) in [6.45, 7) is 6.06. The summed E-state index contributed by atoms with van der Waals surface area (Å²) in [5.74, 6) is 0.0311. The van der Waals surface area contributed by atoms with E-state index >= 15 is 0 Å². The first-order chi connectivity index (χ1) is 11.0. The third-order valence-electron chi connectivity index (χ3n) is 4.04. The molecule has 2 aromatic carbocycles. The highest BCUT2D eigenvalue weighted by Gasteiger charge is 2.22. The van der Waals surface area contributed by atoms with E-state index in [0.29, 0.717) is 0 Å². The van der Waals surface area contributed by atoms with E-state index in [2.05, 4.69) is 17.1 Å². The van der Waals surface area contributed by atoms with Crippen LogP contribution in [0.1, 0.15) is 39.5 Å². The van der Waals surface area contributed by atoms with Gasteiger partial charge in [0.05, 0.1) is 16.3 Å². The predicted molar refractivity (Wildman–Crippen MR) is 96.0 cm³/mol. The molecule has 0 bridgehead atoms. The first kappa shape index (κ1) is 15.7. The second-order valence-electron chi connectivity index (χ2n) is 5.99. The lowest BCUT2D eigenvalue weighted by atomic mass is 10.1. The maximum Gasteiger partial charge on any atom is 0.254 e. The summed E-state index contributed by atoms with van der Waals surface area (Å²) in [6, 6.07) is 14.0. The number of rotatable bonds is 3. The largest absolute Gasteiger partial charge is 0.333 e. The number of aromatic nitrogens is 1. The highest BCUT2D eigenvalue weighted by molar-refractivity contribution is 7.18. The summed E-state index contributed by atoms with van der Waals surface area (Å²) in [5, 5.41) is 0.964. The topological polar surface area (TPSA) is 33.2 Å². The minimum absolute atomic E-state index is 0.0311. The molecule has 0 aliphatic carbocycles. The molecule has 23 heavy (non-hydrogen) atoms. The van der Waals surface area contributed by atoms with Crippen LogP contribution in [0.5, 0.6) is 0 Å². The molecule has 0 spiro atoms. The van der Waals surface area contributed by atoms with Gasteiger partial charge in [-0.25, -0.2) is 4.98 Å². The van der Waals surface area contributed by atoms with Gasteiger partial charge in [0.2, 0.25) is 0 Å². The number of carbonyl (C=O) groups excluding carboxylic acids is 1. The van der Waals surface area contributed by atoms with E-state index in [1.165, 1.54) is 0 Å². The molecule has 3 rings (SSSR count). The molecule has 0 aliphatic heterocycles. The summed E-state index contributed by atoms with van der Waals surface area (Å²) < 4.78 is 1.15. The number of hydrogen-bond donors (Lipinski definition) is 0. The van der Waals surface area contributed by atoms with E-state index in [1.54, 1.807) is 16.2 Å². The van der Waals surface area contributed by atoms with Gasteiger partial charge in [0, 0.05) is 12.6 Å². The van der Waals surface area contributed by atoms with Crippen LogP contribution in [0.4, 0.5) is 0 Å². The summed E-state index contributed by atoms with van der Waals surface area (Å²) in [5.41, 5.74) is 3.94. The van der Waals surface area contributed by atoms with Crippen LogP contribution < -0.4 is 0 Å². The third-order valence-corrected chi connectivity index (χ3v) is 5.24. The van der Waals surface area contributed by atoms with Gasteiger partial charge in [0.25, 0.3) is 5.91 Å². The maximum absolute atomic E-state index is 12.8. The van der Waals surface area contributed by atoms with Crippen molar-refractivity contribution < 1.29 is 4.79 Å². The van der Waals surface area contributed by atoms with Crippen molar-refractivity contribution in [1.82, 2.24) is 9.88 Å². The average Bonchev–Trinajstić information content (AvgIpc) is 2.95. The van der Waals surface area contributed by atoms with Gasteiger partial charge in [0.15, 0.2) is 0 Å². The van der Waals surface area contributed by atoms with Gasteiger partial charge in [-0.1, -0.05) is 29.3 Å². The molecule has 4 heteroatoms. The first-order valence-corrected chi connectivity index (χ1v) is 8.48. The molecule has 1 aromatic heterocycles. The number of amides is 1. The second kappa shape index (κ2) is 6.13. The standard InChI is InChI=1S/C19H20N2OS/c1-12-9-13(2)11-15(10-12)19(22)21(4)14(3)18-20-16-7-5-6-8-17(16)23-18/h5-11,14H,1-4H3/t14-/m0/s1. The quantitative estimate of drug-likeness (QED) is 0.697. The van der Waals surface area contributed by atoms with Gasteiger partial charge in [-0.15, -0.1) is 11.3 Å². The summed E-state index contributed by atoms with van der Waals surface area (Å²) in [7, 11) is 1.84. The SMILES string of the molecule is Cc1cc(C)cc(C(=O)N(C)[C@@H](C)c2nc3ccccc3s2)c1. The minimum atomic E-state index is -0.0549. The number of benzene rings is 2. The summed E-state index contributed by atoms with van der Waals surface area (Å²) in [4.78, 5) is 19.2. The van der Waals surface area contributed by atoms with E-state index in [0.717, 1.165) is 31.9 Å². The smallest absolute Gasteiger partial charge is 0.254 e. The monoisotopic (exact) mass is 324 g/mol. The van der Waals surface area contributed by atoms with Gasteiger partial charge in [0.1, 0.15) is 5.01 Å². The predicted octanol–water partition coefficient (Wildman–Crippen LogP) is 4.75. The Bertz CT molecular complexity index is 815. The molecule has 0 saturated heterocycles. The molecule has 3 aromatic rings. The highest BCUT2D eigenvalue weighted by Crippen LogP contribution is 2.29. The van der Waals surface area contributed by atoms with E-state index in [-0.39, 0.29) is 11.9 Å². The Labute approximate surface area is 140 Å². The fourth-order valence-corrected chi connectivity index (χ4v) is 3.77. The van der Waals surface area contributed by atoms with E-state index < -0.39 is 0 Å². The molecule has 1 atom stereocenters. The number of carbonyl (C=O) groups is 1. The number of thiazole rings is 1. The van der Waals surface area contributed by atoms with Crippen LogP contribution >= 0.6 is 11.3 Å². The molecule has 1 heterocycles. The van der Waals surface area contributed by atoms with Crippen LogP contribution in [0.25, 0.3) is 10.2 Å². The number of aryl methyl sites for hydroxylation is 2. The van der Waals surface area contributed by atoms with Crippen molar-refractivity contribution in [2.75, 3.05) is 7.05 Å². The lowest BCUT2D eigenvalue weighted by Crippen LogP contribution is -2.29. The first-order valence-electron chi connectivity index (χ1n) is 7.66. The minimum Gasteiger partial charge on any atom is -0.333 e. The number of hydrogen-bond acceptors (Lipinski definition) is 3. The highest BCUT2D eigenvalue weighted by atomic mass is 32.1. The fraction of sp³-hybridized carbons (Fsp3) is 0.263. The van der Waals surface area contributed by atoms with Crippen LogP contribution in [0.3, 0.4) is 0 Å². The molecule has 1 amide bonds. The van der Waals surface area contributed by atoms with Crippen molar-refractivity contribution in [3.8, 4) is 0 Å². The Hall–Kier alpha value is -2.20. The molecule has 0 fully saturated rings. The molecule has 0 radical (unpaired) electrons. The Morgan fingerprint density at radius 3 is 2.43 bits per heavy atom. The van der Waals surface area contributed by atoms with Gasteiger partial charge < -0.3 is 4.90 Å². The van der Waals surface area contributed by atoms with Crippen molar-refractivity contribution in [2.24, 2.45) is 0 Å². The van der Waals surface area contributed by atoms with Crippen LogP contribution in [0.15, 0.2) is 42.5 Å². The van der Waals surface area contributed by atoms with E-state index in [9.17, 15) is 4.79 Å². The van der Waals surface area contributed by atoms with Crippen LogP contribution in [-0.4, -0.2) is 22.8 Å². The van der Waals surface area contributed by atoms with Gasteiger partial charge in [-0.05, 0) is 45.0 Å². The molecular weight excluding hydrogens is 304 g/mol. The van der Waals surface area contributed by atoms with E-state index in [1.807, 2.05) is 58.2 Å². The zero-order valence-electron chi connectivity index (χ0n) is 13.8. The van der Waals surface area contributed by atoms with Crippen molar-refractivity contribution in [2.45, 2.75) is 26.8 Å². The van der Waals surface area contributed by atoms with Gasteiger partial charge in [-0.2, -0.15) is 0 Å². The molecule has 0 saturated carbocycles. The maximum atomic E-state index is 12.8. The number of nitrogens with zero attached hydrogens (tertiary/aromatic N) is 2. The Kier molecular flexibility index (Phi) is 4.18. The molecule has 0 aliphatic rings. The molecule has 0 unspecified atom stereocenters. The molecule has 3 nitrogen and oxygen atoms in total. The second-order valence-corrected chi connectivity index (χ2v) is 7.05. The molecule has 0 N–H and O–H groups in total. The third kappa shape index (κ3) is 3.13. The van der Waals surface area contributed by atoms with E-state index in [4.69, 9.17) is 0 Å². The number of fused-ring (bicyclic) bond motifs is 1. The summed E-state index contributed by atoms with van der Waals surface area (Å²) >= 11 is 1.65. The van der Waals surface area contributed by atoms with Crippen LogP contribution in [0.2, 0.25) is 0 Å². The lowest BCUT2D eigenvalue weighted by Gasteiger charge is -2.23. The van der Waals surface area contributed by atoms with Gasteiger partial charge in [-0.3, -0.25) is 4.79 Å². The van der Waals surface area contributed by atoms with Crippen molar-refractivity contribution >= 4 is 27.5 Å². The fourth-order valence-electron chi connectivity index (χ4n) is 2.71. The van der Waals surface area contributed by atoms with Crippen molar-refractivity contribution in [1.29, 1.82) is 0 Å². The summed E-state index contributed by atoms with van der Waals surface area (Å²) in [6.07, 6.45) is 0. The normalized spacial score (nSPS) is 12.3. The zero-order valence-corrected chi connectivity index (χ0v) is 14.6. The molecular formula is C19H20N2OS. The Morgan fingerprint density at radius 2 is 1.78 bits per heavy atom. The van der Waals surface area contributed by atoms with Gasteiger partial charge >= 0.3 is 0 Å². The lowest BCUT2D eigenvalue weighted by molar-refractivity contribution is 0.0742. The number of para-hydroxylation sites is 1. The van der Waals surface area contributed by atoms with Crippen molar-refractivity contribution in [3.05, 3.63) is 64.2 Å². The van der Waals surface area contributed by atoms with Crippen LogP contribution in [-0.2, 0) is 0 Å². The molecule has 118 valence electrons.